The number of ether oxygens (including phenoxy) is 1. The molecule has 1 aliphatic heterocycles. The van der Waals surface area contributed by atoms with Crippen LogP contribution in [0, 0.1) is 13.8 Å². The maximum atomic E-state index is 13.3. The number of hydrogen-bond donors (Lipinski definition) is 1. The van der Waals surface area contributed by atoms with Crippen molar-refractivity contribution >= 4 is 23.1 Å². The van der Waals surface area contributed by atoms with Crippen molar-refractivity contribution in [2.24, 2.45) is 0 Å². The number of carbonyl (C=O) groups excluding carboxylic acids is 2. The monoisotopic (exact) mass is 402 g/mol. The number of furan rings is 1. The van der Waals surface area contributed by atoms with Crippen LogP contribution in [0.4, 0.5) is 5.69 Å². The van der Waals surface area contributed by atoms with Crippen LogP contribution in [-0.2, 0) is 16.1 Å². The zero-order chi connectivity index (χ0) is 21.3. The molecule has 1 aromatic heterocycles. The molecule has 0 fully saturated rings. The van der Waals surface area contributed by atoms with E-state index in [9.17, 15) is 9.59 Å². The van der Waals surface area contributed by atoms with Gasteiger partial charge in [0.15, 0.2) is 0 Å². The molecule has 0 saturated heterocycles. The van der Waals surface area contributed by atoms with E-state index in [1.54, 1.807) is 19.2 Å². The number of aryl methyl sites for hydroxylation is 2. The number of benzene rings is 2. The number of anilines is 1. The Morgan fingerprint density at radius 2 is 1.70 bits per heavy atom. The van der Waals surface area contributed by atoms with Gasteiger partial charge >= 0.3 is 0 Å². The molecular formula is C24H22N2O4. The van der Waals surface area contributed by atoms with Gasteiger partial charge in [0.2, 0.25) is 0 Å². The van der Waals surface area contributed by atoms with Crippen molar-refractivity contribution in [1.29, 1.82) is 0 Å². The van der Waals surface area contributed by atoms with Crippen LogP contribution < -0.4 is 10.1 Å². The molecular weight excluding hydrogens is 380 g/mol. The van der Waals surface area contributed by atoms with Gasteiger partial charge in [-0.2, -0.15) is 0 Å². The molecule has 30 heavy (non-hydrogen) atoms. The third-order valence-corrected chi connectivity index (χ3v) is 5.02. The van der Waals surface area contributed by atoms with Gasteiger partial charge in [-0.25, -0.2) is 0 Å². The van der Waals surface area contributed by atoms with Crippen LogP contribution in [0.25, 0.3) is 5.57 Å². The van der Waals surface area contributed by atoms with Gasteiger partial charge in [-0.3, -0.25) is 14.5 Å². The number of methoxy groups -OCH3 is 1. The summed E-state index contributed by atoms with van der Waals surface area (Å²) in [5.74, 6) is 0.348. The first kappa shape index (κ1) is 19.5. The number of nitrogens with one attached hydrogen (secondary N) is 1. The summed E-state index contributed by atoms with van der Waals surface area (Å²) in [7, 11) is 1.57. The van der Waals surface area contributed by atoms with E-state index in [4.69, 9.17) is 9.15 Å². The summed E-state index contributed by atoms with van der Waals surface area (Å²) in [6, 6.07) is 16.6. The van der Waals surface area contributed by atoms with Crippen molar-refractivity contribution < 1.29 is 18.7 Å². The third-order valence-electron chi connectivity index (χ3n) is 5.02. The number of hydrogen-bond acceptors (Lipinski definition) is 5. The van der Waals surface area contributed by atoms with Crippen molar-refractivity contribution in [3.8, 4) is 5.75 Å². The van der Waals surface area contributed by atoms with Crippen molar-refractivity contribution in [3.63, 3.8) is 0 Å². The fourth-order valence-electron chi connectivity index (χ4n) is 3.44. The van der Waals surface area contributed by atoms with E-state index in [1.807, 2.05) is 56.3 Å². The van der Waals surface area contributed by atoms with Crippen molar-refractivity contribution in [2.45, 2.75) is 20.4 Å². The highest BCUT2D eigenvalue weighted by Gasteiger charge is 2.39. The first-order valence-corrected chi connectivity index (χ1v) is 9.59. The Bertz CT molecular complexity index is 1130. The highest BCUT2D eigenvalue weighted by atomic mass is 16.5. The Morgan fingerprint density at radius 3 is 2.37 bits per heavy atom. The molecule has 2 heterocycles. The maximum Gasteiger partial charge on any atom is 0.278 e. The van der Waals surface area contributed by atoms with Crippen LogP contribution in [-0.4, -0.2) is 23.8 Å². The molecule has 4 rings (SSSR count). The Morgan fingerprint density at radius 1 is 0.967 bits per heavy atom. The summed E-state index contributed by atoms with van der Waals surface area (Å²) in [6.07, 6.45) is 1.52. The topological polar surface area (TPSA) is 71.8 Å². The molecule has 0 bridgehead atoms. The van der Waals surface area contributed by atoms with E-state index in [0.717, 1.165) is 11.1 Å². The molecule has 3 aromatic rings. The van der Waals surface area contributed by atoms with Crippen molar-refractivity contribution in [2.75, 3.05) is 12.4 Å². The Balaban J connectivity index is 1.79. The Hall–Kier alpha value is -3.80. The lowest BCUT2D eigenvalue weighted by Gasteiger charge is -2.15. The second kappa shape index (κ2) is 7.91. The van der Waals surface area contributed by atoms with Gasteiger partial charge in [0, 0.05) is 0 Å². The van der Waals surface area contributed by atoms with Gasteiger partial charge in [-0.05, 0) is 49.2 Å². The zero-order valence-corrected chi connectivity index (χ0v) is 17.1. The second-order valence-corrected chi connectivity index (χ2v) is 7.22. The van der Waals surface area contributed by atoms with Crippen molar-refractivity contribution in [1.82, 2.24) is 4.90 Å². The second-order valence-electron chi connectivity index (χ2n) is 7.22. The quantitative estimate of drug-likeness (QED) is 0.623. The first-order valence-electron chi connectivity index (χ1n) is 9.59. The van der Waals surface area contributed by atoms with Gasteiger partial charge in [-0.15, -0.1) is 0 Å². The third kappa shape index (κ3) is 3.59. The number of carbonyl (C=O) groups is 2. The van der Waals surface area contributed by atoms with E-state index in [-0.39, 0.29) is 18.1 Å². The van der Waals surface area contributed by atoms with Gasteiger partial charge < -0.3 is 14.5 Å². The number of nitrogens with zero attached hydrogens (tertiary/aromatic N) is 1. The van der Waals surface area contributed by atoms with E-state index in [0.29, 0.717) is 28.3 Å². The zero-order valence-electron chi connectivity index (χ0n) is 17.1. The molecule has 0 atom stereocenters. The summed E-state index contributed by atoms with van der Waals surface area (Å²) in [5.41, 5.74) is 3.92. The first-order chi connectivity index (χ1) is 14.5. The lowest BCUT2D eigenvalue weighted by Crippen LogP contribution is -2.31. The summed E-state index contributed by atoms with van der Waals surface area (Å²) in [5, 5.41) is 3.17. The fraction of sp³-hybridized carbons (Fsp3) is 0.167. The van der Waals surface area contributed by atoms with Gasteiger partial charge in [0.25, 0.3) is 11.8 Å². The lowest BCUT2D eigenvalue weighted by molar-refractivity contribution is -0.137. The molecule has 0 spiro atoms. The minimum Gasteiger partial charge on any atom is -0.495 e. The number of imide groups is 1. The highest BCUT2D eigenvalue weighted by Crippen LogP contribution is 2.34. The molecule has 1 N–H and O–H groups in total. The molecule has 0 unspecified atom stereocenters. The van der Waals surface area contributed by atoms with E-state index < -0.39 is 5.91 Å². The maximum absolute atomic E-state index is 13.3. The summed E-state index contributed by atoms with van der Waals surface area (Å²) in [4.78, 5) is 27.8. The predicted octanol–water partition coefficient (Wildman–Crippen LogP) is 4.30. The van der Waals surface area contributed by atoms with Gasteiger partial charge in [0.05, 0.1) is 31.2 Å². The average molecular weight is 402 g/mol. The van der Waals surface area contributed by atoms with E-state index in [1.165, 1.54) is 11.2 Å². The SMILES string of the molecule is COc1ccc(C)cc1NC1=C(c2ccc(C)cc2)C(=O)N(Cc2ccco2)C1=O. The molecule has 152 valence electrons. The molecule has 1 aliphatic rings. The molecule has 6 heteroatoms. The normalized spacial score (nSPS) is 13.9. The minimum atomic E-state index is -0.407. The molecule has 2 amide bonds. The Kier molecular flexibility index (Phi) is 5.14. The lowest BCUT2D eigenvalue weighted by atomic mass is 10.0. The summed E-state index contributed by atoms with van der Waals surface area (Å²) >= 11 is 0. The fourth-order valence-corrected chi connectivity index (χ4v) is 3.44. The van der Waals surface area contributed by atoms with Crippen LogP contribution in [0.1, 0.15) is 22.5 Å². The standard InChI is InChI=1S/C24H22N2O4/c1-15-6-9-17(10-7-15)21-22(25-19-13-16(2)8-11-20(19)29-3)24(28)26(23(21)27)14-18-5-4-12-30-18/h4-13,25H,14H2,1-3H3. The van der Waals surface area contributed by atoms with Gasteiger partial charge in [-0.1, -0.05) is 35.9 Å². The van der Waals surface area contributed by atoms with Crippen LogP contribution in [0.5, 0.6) is 5.75 Å². The largest absolute Gasteiger partial charge is 0.495 e. The van der Waals surface area contributed by atoms with Crippen LogP contribution in [0.15, 0.2) is 71.0 Å². The summed E-state index contributed by atoms with van der Waals surface area (Å²) in [6.45, 7) is 3.99. The molecule has 2 aromatic carbocycles. The van der Waals surface area contributed by atoms with Crippen LogP contribution in [0.2, 0.25) is 0 Å². The average Bonchev–Trinajstić information content (AvgIpc) is 3.32. The molecule has 0 radical (unpaired) electrons. The summed E-state index contributed by atoms with van der Waals surface area (Å²) < 4.78 is 10.8. The van der Waals surface area contributed by atoms with Crippen molar-refractivity contribution in [3.05, 3.63) is 89.0 Å². The van der Waals surface area contributed by atoms with Crippen LogP contribution in [0.3, 0.4) is 0 Å². The van der Waals surface area contributed by atoms with Crippen LogP contribution >= 0.6 is 0 Å². The van der Waals surface area contributed by atoms with E-state index >= 15 is 0 Å². The smallest absolute Gasteiger partial charge is 0.278 e. The van der Waals surface area contributed by atoms with E-state index in [2.05, 4.69) is 5.32 Å². The molecule has 0 aliphatic carbocycles. The number of amides is 2. The highest BCUT2D eigenvalue weighted by molar-refractivity contribution is 6.36. The Labute approximate surface area is 174 Å². The van der Waals surface area contributed by atoms with Gasteiger partial charge in [0.1, 0.15) is 17.2 Å². The number of rotatable bonds is 6. The molecule has 0 saturated carbocycles. The molecule has 6 nitrogen and oxygen atoms in total. The minimum absolute atomic E-state index is 0.0656. The predicted molar refractivity (Wildman–Crippen MR) is 114 cm³/mol.